The van der Waals surface area contributed by atoms with Gasteiger partial charge >= 0.3 is 0 Å². The van der Waals surface area contributed by atoms with Crippen LogP contribution in [0.4, 0.5) is 10.1 Å². The summed E-state index contributed by atoms with van der Waals surface area (Å²) in [5.41, 5.74) is 2.86. The molecule has 0 atom stereocenters. The Morgan fingerprint density at radius 3 is 2.55 bits per heavy atom. The van der Waals surface area contributed by atoms with Crippen LogP contribution in [0.25, 0.3) is 0 Å². The van der Waals surface area contributed by atoms with E-state index in [4.69, 9.17) is 4.74 Å². The van der Waals surface area contributed by atoms with Gasteiger partial charge in [0.1, 0.15) is 0 Å². The van der Waals surface area contributed by atoms with Gasteiger partial charge < -0.3 is 10.1 Å². The van der Waals surface area contributed by atoms with E-state index in [9.17, 15) is 9.18 Å². The second kappa shape index (κ2) is 5.74. The van der Waals surface area contributed by atoms with E-state index >= 15 is 0 Å². The topological polar surface area (TPSA) is 38.3 Å². The predicted molar refractivity (Wildman–Crippen MR) is 76.8 cm³/mol. The maximum atomic E-state index is 13.6. The van der Waals surface area contributed by atoms with Crippen molar-refractivity contribution in [3.8, 4) is 5.75 Å². The lowest BCUT2D eigenvalue weighted by Gasteiger charge is -2.09. The minimum Gasteiger partial charge on any atom is -0.494 e. The zero-order valence-electron chi connectivity index (χ0n) is 11.7. The van der Waals surface area contributed by atoms with Gasteiger partial charge in [-0.15, -0.1) is 0 Å². The molecule has 0 aliphatic rings. The molecule has 0 aromatic heterocycles. The number of halogens is 1. The lowest BCUT2D eigenvalue weighted by atomic mass is 10.1. The molecule has 0 aliphatic carbocycles. The molecule has 104 valence electrons. The molecule has 1 amide bonds. The van der Waals surface area contributed by atoms with Crippen molar-refractivity contribution in [2.75, 3.05) is 12.4 Å². The molecule has 0 bridgehead atoms. The molecule has 4 heteroatoms. The van der Waals surface area contributed by atoms with E-state index in [0.29, 0.717) is 11.3 Å². The van der Waals surface area contributed by atoms with Crippen LogP contribution in [0.2, 0.25) is 0 Å². The zero-order valence-corrected chi connectivity index (χ0v) is 11.7. The number of amides is 1. The fraction of sp³-hybridized carbons (Fsp3) is 0.188. The first kappa shape index (κ1) is 14.1. The van der Waals surface area contributed by atoms with Crippen molar-refractivity contribution in [1.82, 2.24) is 0 Å². The van der Waals surface area contributed by atoms with Crippen LogP contribution < -0.4 is 10.1 Å². The minimum atomic E-state index is -0.508. The van der Waals surface area contributed by atoms with Crippen molar-refractivity contribution in [2.45, 2.75) is 13.8 Å². The van der Waals surface area contributed by atoms with Gasteiger partial charge in [0.2, 0.25) is 0 Å². The number of rotatable bonds is 3. The Hall–Kier alpha value is -2.36. The maximum Gasteiger partial charge on any atom is 0.255 e. The molecule has 2 rings (SSSR count). The standard InChI is InChI=1S/C16H16FNO2/c1-10-4-5-11(2)13(8-10)16(19)18-12-6-7-15(20-3)14(17)9-12/h4-9H,1-3H3,(H,18,19). The number of carbonyl (C=O) groups excluding carboxylic acids is 1. The number of anilines is 1. The zero-order chi connectivity index (χ0) is 14.7. The summed E-state index contributed by atoms with van der Waals surface area (Å²) in [6.45, 7) is 3.78. The number of carbonyl (C=O) groups is 1. The molecule has 3 nitrogen and oxygen atoms in total. The van der Waals surface area contributed by atoms with Crippen molar-refractivity contribution < 1.29 is 13.9 Å². The number of methoxy groups -OCH3 is 1. The predicted octanol–water partition coefficient (Wildman–Crippen LogP) is 3.70. The minimum absolute atomic E-state index is 0.148. The first-order valence-electron chi connectivity index (χ1n) is 6.23. The monoisotopic (exact) mass is 273 g/mol. The van der Waals surface area contributed by atoms with Gasteiger partial charge in [0, 0.05) is 17.3 Å². The average Bonchev–Trinajstić information content (AvgIpc) is 2.41. The van der Waals surface area contributed by atoms with Gasteiger partial charge in [-0.05, 0) is 37.6 Å². The molecule has 0 saturated heterocycles. The largest absolute Gasteiger partial charge is 0.494 e. The molecule has 0 saturated carbocycles. The number of nitrogens with one attached hydrogen (secondary N) is 1. The summed E-state index contributed by atoms with van der Waals surface area (Å²) in [6, 6.07) is 9.96. The SMILES string of the molecule is COc1ccc(NC(=O)c2cc(C)ccc2C)cc1F. The molecule has 2 aromatic carbocycles. The molecular weight excluding hydrogens is 257 g/mol. The molecule has 2 aromatic rings. The summed E-state index contributed by atoms with van der Waals surface area (Å²) >= 11 is 0. The van der Waals surface area contributed by atoms with Crippen LogP contribution in [0.3, 0.4) is 0 Å². The number of benzene rings is 2. The van der Waals surface area contributed by atoms with Crippen molar-refractivity contribution in [1.29, 1.82) is 0 Å². The van der Waals surface area contributed by atoms with Crippen LogP contribution >= 0.6 is 0 Å². The van der Waals surface area contributed by atoms with Gasteiger partial charge in [-0.2, -0.15) is 0 Å². The van der Waals surface area contributed by atoms with E-state index in [1.807, 2.05) is 32.0 Å². The summed E-state index contributed by atoms with van der Waals surface area (Å²) in [5.74, 6) is -0.614. The highest BCUT2D eigenvalue weighted by atomic mass is 19.1. The molecule has 0 heterocycles. The van der Waals surface area contributed by atoms with Gasteiger partial charge in [0.05, 0.1) is 7.11 Å². The summed E-state index contributed by atoms with van der Waals surface area (Å²) < 4.78 is 18.4. The molecular formula is C16H16FNO2. The fourth-order valence-corrected chi connectivity index (χ4v) is 1.92. The summed E-state index contributed by atoms with van der Waals surface area (Å²) in [6.07, 6.45) is 0. The van der Waals surface area contributed by atoms with Gasteiger partial charge in [0.15, 0.2) is 11.6 Å². The van der Waals surface area contributed by atoms with Crippen LogP contribution in [0.15, 0.2) is 36.4 Å². The Bertz CT molecular complexity index is 653. The molecule has 0 aliphatic heterocycles. The summed E-state index contributed by atoms with van der Waals surface area (Å²) in [7, 11) is 1.40. The average molecular weight is 273 g/mol. The second-order valence-corrected chi connectivity index (χ2v) is 4.62. The molecule has 0 unspecified atom stereocenters. The van der Waals surface area contributed by atoms with Gasteiger partial charge in [0.25, 0.3) is 5.91 Å². The van der Waals surface area contributed by atoms with Crippen LogP contribution in [-0.2, 0) is 0 Å². The third-order valence-electron chi connectivity index (χ3n) is 3.05. The lowest BCUT2D eigenvalue weighted by molar-refractivity contribution is 0.102. The fourth-order valence-electron chi connectivity index (χ4n) is 1.92. The highest BCUT2D eigenvalue weighted by Crippen LogP contribution is 2.21. The van der Waals surface area contributed by atoms with E-state index in [0.717, 1.165) is 11.1 Å². The van der Waals surface area contributed by atoms with Gasteiger partial charge in [-0.1, -0.05) is 17.7 Å². The van der Waals surface area contributed by atoms with Crippen molar-refractivity contribution in [2.24, 2.45) is 0 Å². The summed E-state index contributed by atoms with van der Waals surface area (Å²) in [4.78, 5) is 12.2. The second-order valence-electron chi connectivity index (χ2n) is 4.62. The van der Waals surface area contributed by atoms with E-state index in [-0.39, 0.29) is 11.7 Å². The smallest absolute Gasteiger partial charge is 0.255 e. The Morgan fingerprint density at radius 2 is 1.90 bits per heavy atom. The number of ether oxygens (including phenoxy) is 1. The number of hydrogen-bond acceptors (Lipinski definition) is 2. The Morgan fingerprint density at radius 1 is 1.15 bits per heavy atom. The number of hydrogen-bond donors (Lipinski definition) is 1. The Kier molecular flexibility index (Phi) is 4.03. The normalized spacial score (nSPS) is 10.2. The Labute approximate surface area is 117 Å². The molecule has 0 fully saturated rings. The third-order valence-corrected chi connectivity index (χ3v) is 3.05. The number of aryl methyl sites for hydroxylation is 2. The molecule has 0 spiro atoms. The van der Waals surface area contributed by atoms with E-state index in [1.54, 1.807) is 6.07 Å². The van der Waals surface area contributed by atoms with Crippen LogP contribution in [0, 0.1) is 19.7 Å². The summed E-state index contributed by atoms with van der Waals surface area (Å²) in [5, 5.41) is 2.68. The third kappa shape index (κ3) is 2.96. The van der Waals surface area contributed by atoms with E-state index < -0.39 is 5.82 Å². The van der Waals surface area contributed by atoms with Crippen molar-refractivity contribution >= 4 is 11.6 Å². The van der Waals surface area contributed by atoms with Crippen LogP contribution in [0.1, 0.15) is 21.5 Å². The molecule has 0 radical (unpaired) electrons. The van der Waals surface area contributed by atoms with Gasteiger partial charge in [-0.3, -0.25) is 4.79 Å². The highest BCUT2D eigenvalue weighted by Gasteiger charge is 2.11. The van der Waals surface area contributed by atoms with E-state index in [2.05, 4.69) is 5.32 Å². The van der Waals surface area contributed by atoms with E-state index in [1.165, 1.54) is 19.2 Å². The highest BCUT2D eigenvalue weighted by molar-refractivity contribution is 6.05. The first-order valence-corrected chi connectivity index (χ1v) is 6.23. The maximum absolute atomic E-state index is 13.6. The quantitative estimate of drug-likeness (QED) is 0.926. The van der Waals surface area contributed by atoms with Crippen LogP contribution in [-0.4, -0.2) is 13.0 Å². The van der Waals surface area contributed by atoms with Crippen molar-refractivity contribution in [3.05, 3.63) is 58.9 Å². The lowest BCUT2D eigenvalue weighted by Crippen LogP contribution is -2.13. The van der Waals surface area contributed by atoms with Crippen molar-refractivity contribution in [3.63, 3.8) is 0 Å². The Balaban J connectivity index is 2.23. The van der Waals surface area contributed by atoms with Crippen LogP contribution in [0.5, 0.6) is 5.75 Å². The molecule has 20 heavy (non-hydrogen) atoms. The first-order chi connectivity index (χ1) is 9.51. The van der Waals surface area contributed by atoms with Gasteiger partial charge in [-0.25, -0.2) is 4.39 Å². The molecule has 1 N–H and O–H groups in total.